The SMILES string of the molecule is Fc1cccc(C(c2ccccn2)N2CCCNCC2)c1. The quantitative estimate of drug-likeness (QED) is 0.939. The van der Waals surface area contributed by atoms with Gasteiger partial charge >= 0.3 is 0 Å². The molecule has 3 rings (SSSR count). The van der Waals surface area contributed by atoms with E-state index in [2.05, 4.69) is 15.2 Å². The smallest absolute Gasteiger partial charge is 0.123 e. The first-order valence-electron chi connectivity index (χ1n) is 7.46. The number of nitrogens with one attached hydrogen (secondary N) is 1. The lowest BCUT2D eigenvalue weighted by molar-refractivity contribution is 0.237. The van der Waals surface area contributed by atoms with Crippen LogP contribution in [0.4, 0.5) is 4.39 Å². The normalized spacial score (nSPS) is 18.1. The van der Waals surface area contributed by atoms with E-state index in [9.17, 15) is 4.39 Å². The molecular weight excluding hydrogens is 265 g/mol. The Kier molecular flexibility index (Phi) is 4.58. The van der Waals surface area contributed by atoms with Crippen LogP contribution in [0.2, 0.25) is 0 Å². The van der Waals surface area contributed by atoms with Crippen LogP contribution in [-0.2, 0) is 0 Å². The number of nitrogens with zero attached hydrogens (tertiary/aromatic N) is 2. The zero-order valence-electron chi connectivity index (χ0n) is 12.0. The molecule has 2 heterocycles. The summed E-state index contributed by atoms with van der Waals surface area (Å²) in [5.41, 5.74) is 1.95. The Morgan fingerprint density at radius 3 is 2.86 bits per heavy atom. The first kappa shape index (κ1) is 14.2. The summed E-state index contributed by atoms with van der Waals surface area (Å²) in [6.07, 6.45) is 2.90. The van der Waals surface area contributed by atoms with Crippen LogP contribution < -0.4 is 5.32 Å². The van der Waals surface area contributed by atoms with Gasteiger partial charge in [0.05, 0.1) is 11.7 Å². The van der Waals surface area contributed by atoms with Gasteiger partial charge < -0.3 is 5.32 Å². The second kappa shape index (κ2) is 6.78. The van der Waals surface area contributed by atoms with Crippen LogP contribution in [0.3, 0.4) is 0 Å². The first-order valence-corrected chi connectivity index (χ1v) is 7.46. The molecule has 21 heavy (non-hydrogen) atoms. The Morgan fingerprint density at radius 1 is 1.10 bits per heavy atom. The number of hydrogen-bond donors (Lipinski definition) is 1. The predicted octanol–water partition coefficient (Wildman–Crippen LogP) is 2.61. The Bertz CT molecular complexity index is 565. The average Bonchev–Trinajstić information content (AvgIpc) is 2.78. The Balaban J connectivity index is 1.98. The van der Waals surface area contributed by atoms with Gasteiger partial charge in [-0.15, -0.1) is 0 Å². The van der Waals surface area contributed by atoms with Gasteiger partial charge in [-0.1, -0.05) is 18.2 Å². The van der Waals surface area contributed by atoms with Crippen LogP contribution in [-0.4, -0.2) is 36.1 Å². The second-order valence-corrected chi connectivity index (χ2v) is 5.35. The summed E-state index contributed by atoms with van der Waals surface area (Å²) in [5, 5.41) is 3.41. The molecule has 0 spiro atoms. The lowest BCUT2D eigenvalue weighted by atomic mass is 10.0. The van der Waals surface area contributed by atoms with E-state index in [0.717, 1.165) is 43.9 Å². The third kappa shape index (κ3) is 3.46. The molecule has 0 amide bonds. The van der Waals surface area contributed by atoms with Crippen molar-refractivity contribution in [2.45, 2.75) is 12.5 Å². The number of benzene rings is 1. The fourth-order valence-electron chi connectivity index (χ4n) is 2.91. The Morgan fingerprint density at radius 2 is 2.05 bits per heavy atom. The van der Waals surface area contributed by atoms with E-state index in [1.165, 1.54) is 6.07 Å². The highest BCUT2D eigenvalue weighted by Gasteiger charge is 2.24. The summed E-state index contributed by atoms with van der Waals surface area (Å²) in [6, 6.07) is 12.8. The maximum atomic E-state index is 13.6. The Hall–Kier alpha value is -1.78. The molecule has 1 aromatic carbocycles. The van der Waals surface area contributed by atoms with Gasteiger partial charge in [-0.3, -0.25) is 9.88 Å². The van der Waals surface area contributed by atoms with Gasteiger partial charge in [0.2, 0.25) is 0 Å². The van der Waals surface area contributed by atoms with Crippen LogP contribution in [0.1, 0.15) is 23.7 Å². The monoisotopic (exact) mass is 285 g/mol. The van der Waals surface area contributed by atoms with Crippen LogP contribution in [0.15, 0.2) is 48.7 Å². The van der Waals surface area contributed by atoms with Gasteiger partial charge in [0.1, 0.15) is 5.82 Å². The van der Waals surface area contributed by atoms with Gasteiger partial charge in [0.25, 0.3) is 0 Å². The molecule has 1 saturated heterocycles. The number of halogens is 1. The standard InChI is InChI=1S/C17H20FN3/c18-15-6-3-5-14(13-15)17(16-7-1-2-9-20-16)21-11-4-8-19-10-12-21/h1-3,5-7,9,13,17,19H,4,8,10-12H2. The zero-order chi connectivity index (χ0) is 14.5. The molecule has 1 atom stereocenters. The molecule has 1 aliphatic rings. The van der Waals surface area contributed by atoms with Crippen LogP contribution in [0.5, 0.6) is 0 Å². The maximum Gasteiger partial charge on any atom is 0.123 e. The number of hydrogen-bond acceptors (Lipinski definition) is 3. The van der Waals surface area contributed by atoms with E-state index in [1.807, 2.05) is 24.3 Å². The summed E-state index contributed by atoms with van der Waals surface area (Å²) in [7, 11) is 0. The van der Waals surface area contributed by atoms with Crippen molar-refractivity contribution in [3.8, 4) is 0 Å². The highest BCUT2D eigenvalue weighted by atomic mass is 19.1. The van der Waals surface area contributed by atoms with E-state index >= 15 is 0 Å². The summed E-state index contributed by atoms with van der Waals surface area (Å²) in [4.78, 5) is 6.89. The average molecular weight is 285 g/mol. The summed E-state index contributed by atoms with van der Waals surface area (Å²) >= 11 is 0. The van der Waals surface area contributed by atoms with E-state index in [1.54, 1.807) is 18.3 Å². The number of aromatic nitrogens is 1. The highest BCUT2D eigenvalue weighted by Crippen LogP contribution is 2.28. The first-order chi connectivity index (χ1) is 10.3. The molecule has 0 bridgehead atoms. The minimum atomic E-state index is -0.193. The predicted molar refractivity (Wildman–Crippen MR) is 81.5 cm³/mol. The molecular formula is C17H20FN3. The van der Waals surface area contributed by atoms with Crippen LogP contribution in [0, 0.1) is 5.82 Å². The maximum absolute atomic E-state index is 13.6. The molecule has 1 fully saturated rings. The van der Waals surface area contributed by atoms with Crippen molar-refractivity contribution in [1.82, 2.24) is 15.2 Å². The summed E-state index contributed by atoms with van der Waals surface area (Å²) in [6.45, 7) is 3.93. The molecule has 3 nitrogen and oxygen atoms in total. The van der Waals surface area contributed by atoms with E-state index < -0.39 is 0 Å². The van der Waals surface area contributed by atoms with Crippen molar-refractivity contribution in [1.29, 1.82) is 0 Å². The Labute approximate surface area is 124 Å². The van der Waals surface area contributed by atoms with Crippen molar-refractivity contribution in [2.24, 2.45) is 0 Å². The van der Waals surface area contributed by atoms with Crippen molar-refractivity contribution in [2.75, 3.05) is 26.2 Å². The van der Waals surface area contributed by atoms with Gasteiger partial charge in [-0.25, -0.2) is 4.39 Å². The molecule has 110 valence electrons. The van der Waals surface area contributed by atoms with Crippen LogP contribution >= 0.6 is 0 Å². The molecule has 1 aliphatic heterocycles. The third-order valence-corrected chi connectivity index (χ3v) is 3.87. The lowest BCUT2D eigenvalue weighted by Gasteiger charge is -2.30. The minimum absolute atomic E-state index is 0.0156. The minimum Gasteiger partial charge on any atom is -0.315 e. The van der Waals surface area contributed by atoms with Crippen LogP contribution in [0.25, 0.3) is 0 Å². The van der Waals surface area contributed by atoms with Gasteiger partial charge in [-0.05, 0) is 42.8 Å². The van der Waals surface area contributed by atoms with Crippen molar-refractivity contribution < 1.29 is 4.39 Å². The second-order valence-electron chi connectivity index (χ2n) is 5.35. The molecule has 0 saturated carbocycles. The fourth-order valence-corrected chi connectivity index (χ4v) is 2.91. The van der Waals surface area contributed by atoms with E-state index in [4.69, 9.17) is 0 Å². The highest BCUT2D eigenvalue weighted by molar-refractivity contribution is 5.28. The van der Waals surface area contributed by atoms with Gasteiger partial charge in [0, 0.05) is 25.8 Å². The number of rotatable bonds is 3. The largest absolute Gasteiger partial charge is 0.315 e. The molecule has 1 aromatic heterocycles. The van der Waals surface area contributed by atoms with Gasteiger partial charge in [0.15, 0.2) is 0 Å². The summed E-state index contributed by atoms with van der Waals surface area (Å²) in [5.74, 6) is -0.193. The van der Waals surface area contributed by atoms with E-state index in [-0.39, 0.29) is 11.9 Å². The molecule has 1 unspecified atom stereocenters. The molecule has 0 aliphatic carbocycles. The fraction of sp³-hybridized carbons (Fsp3) is 0.353. The topological polar surface area (TPSA) is 28.2 Å². The van der Waals surface area contributed by atoms with Gasteiger partial charge in [-0.2, -0.15) is 0 Å². The van der Waals surface area contributed by atoms with Crippen molar-refractivity contribution in [3.05, 3.63) is 65.7 Å². The zero-order valence-corrected chi connectivity index (χ0v) is 12.0. The third-order valence-electron chi connectivity index (χ3n) is 3.87. The molecule has 4 heteroatoms. The number of pyridine rings is 1. The van der Waals surface area contributed by atoms with Crippen molar-refractivity contribution in [3.63, 3.8) is 0 Å². The van der Waals surface area contributed by atoms with E-state index in [0.29, 0.717) is 0 Å². The molecule has 2 aromatic rings. The summed E-state index contributed by atoms with van der Waals surface area (Å²) < 4.78 is 13.6. The molecule has 0 radical (unpaired) electrons. The molecule has 1 N–H and O–H groups in total. The van der Waals surface area contributed by atoms with Crippen molar-refractivity contribution >= 4 is 0 Å². The lowest BCUT2D eigenvalue weighted by Crippen LogP contribution is -2.33.